The normalized spacial score (nSPS) is 11.9. The number of hydrogen-bond acceptors (Lipinski definition) is 2. The monoisotopic (exact) mass is 352 g/mol. The van der Waals surface area contributed by atoms with Crippen molar-refractivity contribution < 1.29 is 4.79 Å². The van der Waals surface area contributed by atoms with Crippen molar-refractivity contribution in [2.45, 2.75) is 19.4 Å². The Kier molecular flexibility index (Phi) is 5.15. The summed E-state index contributed by atoms with van der Waals surface area (Å²) in [5.41, 5.74) is 1.49. The largest absolute Gasteiger partial charge is 0.348 e. The van der Waals surface area contributed by atoms with Gasteiger partial charge in [0.25, 0.3) is 5.91 Å². The van der Waals surface area contributed by atoms with Gasteiger partial charge in [0, 0.05) is 11.1 Å². The molecule has 20 heavy (non-hydrogen) atoms. The lowest BCUT2D eigenvalue weighted by molar-refractivity contribution is 0.0935. The van der Waals surface area contributed by atoms with Gasteiger partial charge in [0.15, 0.2) is 0 Å². The van der Waals surface area contributed by atoms with E-state index in [-0.39, 0.29) is 11.9 Å². The van der Waals surface area contributed by atoms with Crippen LogP contribution in [-0.2, 0) is 6.42 Å². The van der Waals surface area contributed by atoms with E-state index in [1.807, 2.05) is 31.2 Å². The molecule has 0 aliphatic rings. The van der Waals surface area contributed by atoms with E-state index in [1.165, 1.54) is 0 Å². The number of nitrogens with one attached hydrogen (secondary N) is 1. The molecule has 0 aliphatic carbocycles. The molecule has 2 rings (SSSR count). The predicted molar refractivity (Wildman–Crippen MR) is 84.0 cm³/mol. The van der Waals surface area contributed by atoms with Crippen molar-refractivity contribution >= 4 is 33.4 Å². The highest BCUT2D eigenvalue weighted by Crippen LogP contribution is 2.12. The third-order valence-electron chi connectivity index (χ3n) is 2.76. The Morgan fingerprint density at radius 3 is 2.80 bits per heavy atom. The smallest absolute Gasteiger partial charge is 0.270 e. The van der Waals surface area contributed by atoms with Crippen molar-refractivity contribution in [1.82, 2.24) is 10.3 Å². The van der Waals surface area contributed by atoms with Crippen molar-refractivity contribution in [3.05, 3.63) is 63.3 Å². The molecule has 1 aromatic heterocycles. The Balaban J connectivity index is 1.97. The van der Waals surface area contributed by atoms with Crippen molar-refractivity contribution in [2.75, 3.05) is 0 Å². The first-order valence-corrected chi connectivity index (χ1v) is 7.39. The molecule has 0 radical (unpaired) electrons. The highest BCUT2D eigenvalue weighted by Gasteiger charge is 2.11. The molecule has 2 aromatic rings. The standard InChI is InChI=1S/C15H14BrClN2O/c1-10(8-11-4-2-5-12(17)9-11)18-15(20)13-6-3-7-14(16)19-13/h2-7,9-10H,8H2,1H3,(H,18,20). The summed E-state index contributed by atoms with van der Waals surface area (Å²) in [5, 5.41) is 3.63. The topological polar surface area (TPSA) is 42.0 Å². The number of carbonyl (C=O) groups is 1. The van der Waals surface area contributed by atoms with Gasteiger partial charge in [-0.3, -0.25) is 4.79 Å². The maximum absolute atomic E-state index is 12.0. The van der Waals surface area contributed by atoms with Crippen LogP contribution in [-0.4, -0.2) is 16.9 Å². The van der Waals surface area contributed by atoms with Crippen LogP contribution in [0.3, 0.4) is 0 Å². The third kappa shape index (κ3) is 4.32. The van der Waals surface area contributed by atoms with E-state index in [1.54, 1.807) is 18.2 Å². The molecule has 104 valence electrons. The van der Waals surface area contributed by atoms with Crippen LogP contribution < -0.4 is 5.32 Å². The maximum Gasteiger partial charge on any atom is 0.270 e. The average Bonchev–Trinajstić information content (AvgIpc) is 2.38. The van der Waals surface area contributed by atoms with E-state index in [2.05, 4.69) is 26.2 Å². The molecule has 5 heteroatoms. The molecule has 1 amide bonds. The summed E-state index contributed by atoms with van der Waals surface area (Å²) < 4.78 is 0.646. The van der Waals surface area contributed by atoms with E-state index in [0.717, 1.165) is 12.0 Å². The zero-order chi connectivity index (χ0) is 14.5. The van der Waals surface area contributed by atoms with Gasteiger partial charge in [-0.05, 0) is 59.1 Å². The van der Waals surface area contributed by atoms with Gasteiger partial charge in [0.1, 0.15) is 10.3 Å². The van der Waals surface area contributed by atoms with E-state index in [0.29, 0.717) is 15.3 Å². The van der Waals surface area contributed by atoms with Crippen LogP contribution in [0, 0.1) is 0 Å². The Hall–Kier alpha value is -1.39. The van der Waals surface area contributed by atoms with E-state index < -0.39 is 0 Å². The van der Waals surface area contributed by atoms with Crippen LogP contribution in [0.15, 0.2) is 47.1 Å². The SMILES string of the molecule is CC(Cc1cccc(Cl)c1)NC(=O)c1cccc(Br)n1. The summed E-state index contributed by atoms with van der Waals surface area (Å²) in [7, 11) is 0. The minimum absolute atomic E-state index is 0.00162. The van der Waals surface area contributed by atoms with Crippen LogP contribution in [0.25, 0.3) is 0 Å². The van der Waals surface area contributed by atoms with Crippen LogP contribution in [0.2, 0.25) is 5.02 Å². The zero-order valence-electron chi connectivity index (χ0n) is 10.9. The second-order valence-corrected chi connectivity index (χ2v) is 5.80. The summed E-state index contributed by atoms with van der Waals surface area (Å²) in [4.78, 5) is 16.2. The van der Waals surface area contributed by atoms with Gasteiger partial charge in [-0.15, -0.1) is 0 Å². The van der Waals surface area contributed by atoms with Gasteiger partial charge < -0.3 is 5.32 Å². The van der Waals surface area contributed by atoms with E-state index in [4.69, 9.17) is 11.6 Å². The molecule has 1 aromatic carbocycles. The molecule has 1 heterocycles. The first kappa shape index (κ1) is 15.0. The van der Waals surface area contributed by atoms with Crippen molar-refractivity contribution in [3.8, 4) is 0 Å². The molecule has 3 nitrogen and oxygen atoms in total. The first-order valence-electron chi connectivity index (χ1n) is 6.22. The van der Waals surface area contributed by atoms with Gasteiger partial charge >= 0.3 is 0 Å². The number of hydrogen-bond donors (Lipinski definition) is 1. The molecule has 0 fully saturated rings. The first-order chi connectivity index (χ1) is 9.54. The summed E-state index contributed by atoms with van der Waals surface area (Å²) >= 11 is 9.20. The van der Waals surface area contributed by atoms with Gasteiger partial charge in [-0.2, -0.15) is 0 Å². The van der Waals surface area contributed by atoms with Crippen molar-refractivity contribution in [3.63, 3.8) is 0 Å². The number of amides is 1. The van der Waals surface area contributed by atoms with Crippen LogP contribution in [0.5, 0.6) is 0 Å². The lowest BCUT2D eigenvalue weighted by Gasteiger charge is -2.14. The summed E-state index contributed by atoms with van der Waals surface area (Å²) in [6.07, 6.45) is 0.723. The molecular weight excluding hydrogens is 340 g/mol. The molecule has 1 atom stereocenters. The van der Waals surface area contributed by atoms with Gasteiger partial charge in [-0.1, -0.05) is 29.8 Å². The summed E-state index contributed by atoms with van der Waals surface area (Å²) in [6, 6.07) is 12.9. The quantitative estimate of drug-likeness (QED) is 0.848. The molecule has 0 bridgehead atoms. The minimum atomic E-state index is -0.180. The van der Waals surface area contributed by atoms with Crippen molar-refractivity contribution in [1.29, 1.82) is 0 Å². The lowest BCUT2D eigenvalue weighted by atomic mass is 10.1. The summed E-state index contributed by atoms with van der Waals surface area (Å²) in [5.74, 6) is -0.180. The average molecular weight is 354 g/mol. The number of aromatic nitrogens is 1. The van der Waals surface area contributed by atoms with Crippen LogP contribution in [0.4, 0.5) is 0 Å². The van der Waals surface area contributed by atoms with Crippen molar-refractivity contribution in [2.24, 2.45) is 0 Å². The van der Waals surface area contributed by atoms with Crippen LogP contribution in [0.1, 0.15) is 23.0 Å². The molecule has 0 aliphatic heterocycles. The van der Waals surface area contributed by atoms with Gasteiger partial charge in [0.2, 0.25) is 0 Å². The Bertz CT molecular complexity index is 618. The number of rotatable bonds is 4. The maximum atomic E-state index is 12.0. The van der Waals surface area contributed by atoms with Gasteiger partial charge in [-0.25, -0.2) is 4.98 Å². The number of pyridine rings is 1. The van der Waals surface area contributed by atoms with Crippen LogP contribution >= 0.6 is 27.5 Å². The third-order valence-corrected chi connectivity index (χ3v) is 3.43. The highest BCUT2D eigenvalue weighted by molar-refractivity contribution is 9.10. The number of benzene rings is 1. The zero-order valence-corrected chi connectivity index (χ0v) is 13.3. The second-order valence-electron chi connectivity index (χ2n) is 4.55. The Labute approximate surface area is 131 Å². The molecule has 0 saturated carbocycles. The fourth-order valence-corrected chi connectivity index (χ4v) is 2.46. The molecule has 1 unspecified atom stereocenters. The number of carbonyl (C=O) groups excluding carboxylic acids is 1. The fourth-order valence-electron chi connectivity index (χ4n) is 1.90. The molecule has 1 N–H and O–H groups in total. The Morgan fingerprint density at radius 2 is 2.10 bits per heavy atom. The Morgan fingerprint density at radius 1 is 1.35 bits per heavy atom. The summed E-state index contributed by atoms with van der Waals surface area (Å²) in [6.45, 7) is 1.96. The lowest BCUT2D eigenvalue weighted by Crippen LogP contribution is -2.34. The molecule has 0 spiro atoms. The minimum Gasteiger partial charge on any atom is -0.348 e. The molecular formula is C15H14BrClN2O. The highest BCUT2D eigenvalue weighted by atomic mass is 79.9. The second kappa shape index (κ2) is 6.86. The predicted octanol–water partition coefficient (Wildman–Crippen LogP) is 3.86. The fraction of sp³-hybridized carbons (Fsp3) is 0.200. The van der Waals surface area contributed by atoms with E-state index in [9.17, 15) is 4.79 Å². The number of nitrogens with zero attached hydrogens (tertiary/aromatic N) is 1. The molecule has 0 saturated heterocycles. The number of halogens is 2. The van der Waals surface area contributed by atoms with Gasteiger partial charge in [0.05, 0.1) is 0 Å². The van der Waals surface area contributed by atoms with E-state index >= 15 is 0 Å².